The molecule has 0 aromatic heterocycles. The topological polar surface area (TPSA) is 54.4 Å². The molecule has 0 amide bonds. The summed E-state index contributed by atoms with van der Waals surface area (Å²) >= 11 is 3.24. The molecule has 0 saturated heterocycles. The smallest absolute Gasteiger partial charge is 0.303 e. The van der Waals surface area contributed by atoms with Crippen LogP contribution in [0.25, 0.3) is 0 Å². The highest BCUT2D eigenvalue weighted by atomic mass is 79.9. The third-order valence-corrected chi connectivity index (χ3v) is 2.43. The molecule has 0 aliphatic rings. The first-order valence-corrected chi connectivity index (χ1v) is 4.90. The predicted molar refractivity (Wildman–Crippen MR) is 55.3 cm³/mol. The lowest BCUT2D eigenvalue weighted by Gasteiger charge is -2.01. The van der Waals surface area contributed by atoms with E-state index >= 15 is 0 Å². The molecule has 1 aromatic carbocycles. The minimum Gasteiger partial charge on any atom is -0.481 e. The molecule has 0 fully saturated rings. The van der Waals surface area contributed by atoms with Crippen molar-refractivity contribution in [2.75, 3.05) is 0 Å². The molecule has 0 unspecified atom stereocenters. The molecule has 0 heterocycles. The summed E-state index contributed by atoms with van der Waals surface area (Å²) in [5, 5.41) is 8.41. The monoisotopic (exact) mass is 256 g/mol. The van der Waals surface area contributed by atoms with E-state index in [1.54, 1.807) is 24.3 Å². The van der Waals surface area contributed by atoms with Gasteiger partial charge in [-0.3, -0.25) is 9.59 Å². The van der Waals surface area contributed by atoms with Gasteiger partial charge in [0.15, 0.2) is 5.78 Å². The molecule has 1 aromatic rings. The Hall–Kier alpha value is -1.16. The number of carbonyl (C=O) groups excluding carboxylic acids is 1. The van der Waals surface area contributed by atoms with Crippen molar-refractivity contribution in [1.82, 2.24) is 0 Å². The maximum absolute atomic E-state index is 11.5. The van der Waals surface area contributed by atoms with Crippen molar-refractivity contribution in [2.45, 2.75) is 12.8 Å². The molecule has 0 aliphatic heterocycles. The predicted octanol–water partition coefficient (Wildman–Crippen LogP) is 2.50. The third kappa shape index (κ3) is 2.96. The zero-order valence-electron chi connectivity index (χ0n) is 7.37. The number of hydrogen-bond donors (Lipinski definition) is 1. The van der Waals surface area contributed by atoms with Crippen LogP contribution in [0.5, 0.6) is 0 Å². The molecule has 1 rings (SSSR count). The largest absolute Gasteiger partial charge is 0.481 e. The van der Waals surface area contributed by atoms with Crippen LogP contribution >= 0.6 is 15.9 Å². The van der Waals surface area contributed by atoms with E-state index in [1.165, 1.54) is 0 Å². The van der Waals surface area contributed by atoms with Gasteiger partial charge in [0, 0.05) is 16.5 Å². The molecule has 1 N–H and O–H groups in total. The highest BCUT2D eigenvalue weighted by Gasteiger charge is 2.10. The van der Waals surface area contributed by atoms with E-state index in [0.29, 0.717) is 10.0 Å². The molecule has 0 bridgehead atoms. The normalized spacial score (nSPS) is 9.79. The number of rotatable bonds is 4. The lowest BCUT2D eigenvalue weighted by molar-refractivity contribution is -0.136. The van der Waals surface area contributed by atoms with E-state index in [0.717, 1.165) is 0 Å². The fourth-order valence-electron chi connectivity index (χ4n) is 1.04. The number of Topliss-reactive ketones (excluding diaryl/α,β-unsaturated/α-hetero) is 1. The highest BCUT2D eigenvalue weighted by molar-refractivity contribution is 9.10. The number of ketones is 1. The maximum atomic E-state index is 11.5. The second kappa shape index (κ2) is 4.91. The Labute approximate surface area is 89.9 Å². The van der Waals surface area contributed by atoms with Crippen LogP contribution in [0.1, 0.15) is 23.2 Å². The van der Waals surface area contributed by atoms with Gasteiger partial charge in [-0.2, -0.15) is 0 Å². The number of aliphatic carboxylic acids is 1. The van der Waals surface area contributed by atoms with Gasteiger partial charge in [0.25, 0.3) is 0 Å². The molecule has 14 heavy (non-hydrogen) atoms. The Morgan fingerprint density at radius 1 is 1.21 bits per heavy atom. The van der Waals surface area contributed by atoms with Crippen molar-refractivity contribution in [2.24, 2.45) is 0 Å². The van der Waals surface area contributed by atoms with Gasteiger partial charge < -0.3 is 5.11 Å². The van der Waals surface area contributed by atoms with Gasteiger partial charge in [-0.1, -0.05) is 34.1 Å². The molecule has 0 spiro atoms. The van der Waals surface area contributed by atoms with Gasteiger partial charge in [0.2, 0.25) is 0 Å². The van der Waals surface area contributed by atoms with E-state index in [9.17, 15) is 9.59 Å². The summed E-state index contributed by atoms with van der Waals surface area (Å²) in [6.45, 7) is 0. The van der Waals surface area contributed by atoms with Crippen LogP contribution in [0.4, 0.5) is 0 Å². The fraction of sp³-hybridized carbons (Fsp3) is 0.200. The van der Waals surface area contributed by atoms with Crippen molar-refractivity contribution in [3.8, 4) is 0 Å². The van der Waals surface area contributed by atoms with Crippen molar-refractivity contribution >= 4 is 27.7 Å². The molecule has 0 radical (unpaired) electrons. The van der Waals surface area contributed by atoms with Gasteiger partial charge in [-0.15, -0.1) is 0 Å². The summed E-state index contributed by atoms with van der Waals surface area (Å²) in [4.78, 5) is 21.7. The Balaban J connectivity index is 2.70. The third-order valence-electron chi connectivity index (χ3n) is 1.74. The lowest BCUT2D eigenvalue weighted by atomic mass is 10.1. The number of carbonyl (C=O) groups is 2. The first-order chi connectivity index (χ1) is 6.61. The van der Waals surface area contributed by atoms with E-state index in [1.807, 2.05) is 0 Å². The van der Waals surface area contributed by atoms with Crippen LogP contribution in [0, 0.1) is 0 Å². The van der Waals surface area contributed by atoms with Gasteiger partial charge in [0.1, 0.15) is 0 Å². The molecule has 0 aliphatic carbocycles. The Kier molecular flexibility index (Phi) is 3.83. The number of halogens is 1. The zero-order valence-corrected chi connectivity index (χ0v) is 8.95. The summed E-state index contributed by atoms with van der Waals surface area (Å²) in [7, 11) is 0. The highest BCUT2D eigenvalue weighted by Crippen LogP contribution is 2.17. The van der Waals surface area contributed by atoms with Gasteiger partial charge >= 0.3 is 5.97 Å². The number of hydrogen-bond acceptors (Lipinski definition) is 2. The van der Waals surface area contributed by atoms with Crippen LogP contribution in [-0.4, -0.2) is 16.9 Å². The number of carboxylic acid groups (broad SMARTS) is 1. The van der Waals surface area contributed by atoms with E-state index < -0.39 is 5.97 Å². The van der Waals surface area contributed by atoms with Crippen molar-refractivity contribution in [3.05, 3.63) is 34.3 Å². The lowest BCUT2D eigenvalue weighted by Crippen LogP contribution is -2.04. The first kappa shape index (κ1) is 10.9. The quantitative estimate of drug-likeness (QED) is 0.843. The van der Waals surface area contributed by atoms with Gasteiger partial charge in [-0.25, -0.2) is 0 Å². The minimum absolute atomic E-state index is 0.0396. The van der Waals surface area contributed by atoms with Crippen LogP contribution in [0.15, 0.2) is 28.7 Å². The second-order valence-corrected chi connectivity index (χ2v) is 3.65. The van der Waals surface area contributed by atoms with Crippen LogP contribution in [0.3, 0.4) is 0 Å². The second-order valence-electron chi connectivity index (χ2n) is 2.80. The number of carboxylic acids is 1. The zero-order chi connectivity index (χ0) is 10.6. The van der Waals surface area contributed by atoms with Crippen molar-refractivity contribution < 1.29 is 14.7 Å². The molecule has 3 nitrogen and oxygen atoms in total. The standard InChI is InChI=1S/C10H9BrO3/c11-8-4-2-1-3-7(8)9(12)5-6-10(13)14/h1-4H,5-6H2,(H,13,14). The average Bonchev–Trinajstić information content (AvgIpc) is 2.15. The van der Waals surface area contributed by atoms with Crippen LogP contribution in [0.2, 0.25) is 0 Å². The molecule has 0 saturated carbocycles. The van der Waals surface area contributed by atoms with Crippen molar-refractivity contribution in [3.63, 3.8) is 0 Å². The average molecular weight is 257 g/mol. The van der Waals surface area contributed by atoms with Crippen LogP contribution in [-0.2, 0) is 4.79 Å². The van der Waals surface area contributed by atoms with E-state index in [2.05, 4.69) is 15.9 Å². The Morgan fingerprint density at radius 3 is 2.43 bits per heavy atom. The molecule has 74 valence electrons. The van der Waals surface area contributed by atoms with E-state index in [4.69, 9.17) is 5.11 Å². The van der Waals surface area contributed by atoms with E-state index in [-0.39, 0.29) is 18.6 Å². The molecular weight excluding hydrogens is 248 g/mol. The van der Waals surface area contributed by atoms with Crippen LogP contribution < -0.4 is 0 Å². The Morgan fingerprint density at radius 2 is 1.86 bits per heavy atom. The summed E-state index contributed by atoms with van der Waals surface area (Å²) in [5.41, 5.74) is 0.536. The minimum atomic E-state index is -0.953. The fourth-order valence-corrected chi connectivity index (χ4v) is 1.55. The molecule has 0 atom stereocenters. The first-order valence-electron chi connectivity index (χ1n) is 4.11. The maximum Gasteiger partial charge on any atom is 0.303 e. The van der Waals surface area contributed by atoms with Crippen molar-refractivity contribution in [1.29, 1.82) is 0 Å². The summed E-state index contributed by atoms with van der Waals surface area (Å²) in [5.74, 6) is -1.11. The summed E-state index contributed by atoms with van der Waals surface area (Å²) < 4.78 is 0.704. The number of benzene rings is 1. The SMILES string of the molecule is O=C(O)CCC(=O)c1ccccc1Br. The molecule has 4 heteroatoms. The molecular formula is C10H9BrO3. The summed E-state index contributed by atoms with van der Waals surface area (Å²) in [6, 6.07) is 6.99. The summed E-state index contributed by atoms with van der Waals surface area (Å²) in [6.07, 6.45) is -0.0852. The van der Waals surface area contributed by atoms with Gasteiger partial charge in [-0.05, 0) is 6.07 Å². The van der Waals surface area contributed by atoms with Gasteiger partial charge in [0.05, 0.1) is 6.42 Å². The Bertz CT molecular complexity index is 360.